The molecule has 2 aromatic heterocycles. The molecular weight excluding hydrogens is 565 g/mol. The molecule has 0 saturated carbocycles. The molecule has 230 valence electrons. The molecule has 5 rings (SSSR count). The number of Topliss-reactive ketones (excluding diaryl/α,β-unsaturated/α-hetero) is 1. The average Bonchev–Trinajstić information content (AvgIpc) is 3.64. The Hall–Kier alpha value is -3.58. The molecule has 0 fully saturated rings. The quantitative estimate of drug-likeness (QED) is 0.284. The minimum atomic E-state index is -1.75. The van der Waals surface area contributed by atoms with Gasteiger partial charge in [0.15, 0.2) is 19.9 Å². The molecule has 4 aromatic rings. The number of ketones is 1. The van der Waals surface area contributed by atoms with E-state index in [1.807, 2.05) is 17.8 Å². The standard InChI is InChI=1S/C19H31N3O2Si.C12H11FN4O/c1-14-9-16-13-21-22(7-8-24-25(5,6)19(2,3)4)18(16)11-15(14)10-17(23)12-20;13-10-3-1-9(2-4-10)11-5-18-6-12(16-11)17-8-14-7-15-17/h9,11,13H,7-8,10,12,20H2,1-6H3;1-4,7-8,11H,5-6H2/t;11-/m.0/s1. The number of rotatable bonds is 8. The van der Waals surface area contributed by atoms with Crippen LogP contribution in [0.15, 0.2) is 60.2 Å². The van der Waals surface area contributed by atoms with Crippen LogP contribution >= 0.6 is 0 Å². The lowest BCUT2D eigenvalue weighted by atomic mass is 10.0. The Balaban J connectivity index is 0.000000206. The molecule has 0 spiro atoms. The SMILES string of the molecule is Cc1cc2cnn(CCO[Si](C)(C)C(C)(C)C)c2cc1CC(=O)CN.Fc1ccc([C@@H]2COCC(n3cncn3)=N2)cc1. The Labute approximate surface area is 253 Å². The highest BCUT2D eigenvalue weighted by Gasteiger charge is 2.36. The van der Waals surface area contributed by atoms with Crippen LogP contribution in [0.4, 0.5) is 4.39 Å². The molecule has 1 aliphatic rings. The van der Waals surface area contributed by atoms with E-state index >= 15 is 0 Å². The van der Waals surface area contributed by atoms with E-state index in [-0.39, 0.29) is 29.2 Å². The average molecular weight is 608 g/mol. The number of nitrogens with zero attached hydrogens (tertiary/aromatic N) is 6. The summed E-state index contributed by atoms with van der Waals surface area (Å²) in [5.41, 5.74) is 9.55. The second-order valence-corrected chi connectivity index (χ2v) is 17.0. The summed E-state index contributed by atoms with van der Waals surface area (Å²) < 4.78 is 28.2. The van der Waals surface area contributed by atoms with Gasteiger partial charge < -0.3 is 14.9 Å². The van der Waals surface area contributed by atoms with Gasteiger partial charge >= 0.3 is 0 Å². The summed E-state index contributed by atoms with van der Waals surface area (Å²) >= 11 is 0. The predicted octanol–water partition coefficient (Wildman–Crippen LogP) is 4.87. The van der Waals surface area contributed by atoms with Gasteiger partial charge in [0.1, 0.15) is 31.1 Å². The van der Waals surface area contributed by atoms with Crippen LogP contribution in [0.5, 0.6) is 0 Å². The second-order valence-electron chi connectivity index (χ2n) is 12.2. The summed E-state index contributed by atoms with van der Waals surface area (Å²) in [4.78, 5) is 20.1. The van der Waals surface area contributed by atoms with E-state index in [1.165, 1.54) is 18.5 Å². The number of benzene rings is 2. The fourth-order valence-electron chi connectivity index (χ4n) is 4.38. The highest BCUT2D eigenvalue weighted by atomic mass is 28.4. The Morgan fingerprint density at radius 3 is 2.58 bits per heavy atom. The normalized spacial score (nSPS) is 15.6. The van der Waals surface area contributed by atoms with Crippen molar-refractivity contribution in [1.82, 2.24) is 24.5 Å². The van der Waals surface area contributed by atoms with Gasteiger partial charge in [0, 0.05) is 11.8 Å². The van der Waals surface area contributed by atoms with Crippen LogP contribution in [0.3, 0.4) is 0 Å². The summed E-state index contributed by atoms with van der Waals surface area (Å²) in [6, 6.07) is 10.3. The van der Waals surface area contributed by atoms with Crippen LogP contribution in [-0.4, -0.2) is 70.8 Å². The molecule has 0 bridgehead atoms. The number of halogens is 1. The molecule has 0 unspecified atom stereocenters. The van der Waals surface area contributed by atoms with Gasteiger partial charge in [-0.3, -0.25) is 14.5 Å². The number of aromatic nitrogens is 5. The number of hydrogen-bond acceptors (Lipinski definition) is 8. The summed E-state index contributed by atoms with van der Waals surface area (Å²) in [6.45, 7) is 15.6. The van der Waals surface area contributed by atoms with Crippen molar-refractivity contribution in [2.45, 2.75) is 64.8 Å². The molecule has 0 saturated heterocycles. The Morgan fingerprint density at radius 2 is 1.93 bits per heavy atom. The van der Waals surface area contributed by atoms with Crippen molar-refractivity contribution >= 4 is 30.8 Å². The minimum absolute atomic E-state index is 0.0507. The third-order valence-electron chi connectivity index (χ3n) is 8.04. The molecule has 3 heterocycles. The maximum Gasteiger partial charge on any atom is 0.192 e. The van der Waals surface area contributed by atoms with E-state index in [9.17, 15) is 9.18 Å². The van der Waals surface area contributed by atoms with Crippen molar-refractivity contribution in [2.24, 2.45) is 10.7 Å². The van der Waals surface area contributed by atoms with Crippen molar-refractivity contribution in [3.8, 4) is 0 Å². The van der Waals surface area contributed by atoms with Crippen LogP contribution in [-0.2, 0) is 26.9 Å². The fraction of sp³-hybridized carbons (Fsp3) is 0.452. The topological polar surface area (TPSA) is 122 Å². The summed E-state index contributed by atoms with van der Waals surface area (Å²) in [6.07, 6.45) is 5.28. The van der Waals surface area contributed by atoms with Gasteiger partial charge in [-0.15, -0.1) is 0 Å². The van der Waals surface area contributed by atoms with Crippen LogP contribution < -0.4 is 5.73 Å². The predicted molar refractivity (Wildman–Crippen MR) is 168 cm³/mol. The number of carbonyl (C=O) groups is 1. The molecule has 43 heavy (non-hydrogen) atoms. The zero-order chi connectivity index (χ0) is 31.2. The number of hydrogen-bond donors (Lipinski definition) is 1. The van der Waals surface area contributed by atoms with Gasteiger partial charge in [-0.05, 0) is 66.0 Å². The van der Waals surface area contributed by atoms with E-state index in [4.69, 9.17) is 14.9 Å². The first kappa shape index (κ1) is 32.3. The molecule has 0 amide bonds. The minimum Gasteiger partial charge on any atom is -0.415 e. The third-order valence-corrected chi connectivity index (χ3v) is 12.6. The number of aliphatic imine (C=N–C) groups is 1. The first-order chi connectivity index (χ1) is 20.4. The molecule has 0 aliphatic carbocycles. The third kappa shape index (κ3) is 8.29. The lowest BCUT2D eigenvalue weighted by molar-refractivity contribution is -0.117. The van der Waals surface area contributed by atoms with Crippen LogP contribution in [0.1, 0.15) is 43.5 Å². The monoisotopic (exact) mass is 607 g/mol. The van der Waals surface area contributed by atoms with Crippen LogP contribution in [0.25, 0.3) is 10.9 Å². The zero-order valence-corrected chi connectivity index (χ0v) is 26.9. The lowest BCUT2D eigenvalue weighted by Crippen LogP contribution is -2.41. The maximum absolute atomic E-state index is 12.9. The number of aryl methyl sites for hydroxylation is 1. The molecule has 12 heteroatoms. The Kier molecular flexibility index (Phi) is 10.4. The second kappa shape index (κ2) is 13.8. The molecular formula is C31H42FN7O3Si. The van der Waals surface area contributed by atoms with Gasteiger partial charge in [-0.2, -0.15) is 10.2 Å². The van der Waals surface area contributed by atoms with Crippen molar-refractivity contribution in [2.75, 3.05) is 26.4 Å². The van der Waals surface area contributed by atoms with Gasteiger partial charge in [0.2, 0.25) is 0 Å². The summed E-state index contributed by atoms with van der Waals surface area (Å²) in [5, 5.41) is 9.81. The molecule has 10 nitrogen and oxygen atoms in total. The van der Waals surface area contributed by atoms with E-state index in [0.29, 0.717) is 38.6 Å². The Bertz CT molecular complexity index is 1540. The number of ether oxygens (including phenoxy) is 1. The van der Waals surface area contributed by atoms with Gasteiger partial charge in [0.05, 0.1) is 38.0 Å². The van der Waals surface area contributed by atoms with Gasteiger partial charge in [0.25, 0.3) is 0 Å². The molecule has 2 aromatic carbocycles. The largest absolute Gasteiger partial charge is 0.415 e. The molecule has 2 N–H and O–H groups in total. The maximum atomic E-state index is 12.9. The number of nitrogens with two attached hydrogens (primary N) is 1. The van der Waals surface area contributed by atoms with Crippen LogP contribution in [0, 0.1) is 12.7 Å². The van der Waals surface area contributed by atoms with Crippen molar-refractivity contribution in [3.05, 3.63) is 77.8 Å². The Morgan fingerprint density at radius 1 is 1.19 bits per heavy atom. The van der Waals surface area contributed by atoms with E-state index in [0.717, 1.165) is 27.6 Å². The van der Waals surface area contributed by atoms with Crippen molar-refractivity contribution < 1.29 is 18.3 Å². The van der Waals surface area contributed by atoms with Crippen molar-refractivity contribution in [1.29, 1.82) is 0 Å². The van der Waals surface area contributed by atoms with E-state index in [2.05, 4.69) is 66.2 Å². The molecule has 1 atom stereocenters. The highest BCUT2D eigenvalue weighted by molar-refractivity contribution is 6.74. The summed E-state index contributed by atoms with van der Waals surface area (Å²) in [7, 11) is -1.75. The first-order valence-electron chi connectivity index (χ1n) is 14.4. The van der Waals surface area contributed by atoms with Gasteiger partial charge in [-0.25, -0.2) is 14.1 Å². The van der Waals surface area contributed by atoms with Crippen LogP contribution in [0.2, 0.25) is 18.1 Å². The zero-order valence-electron chi connectivity index (χ0n) is 25.9. The molecule has 1 aliphatic heterocycles. The lowest BCUT2D eigenvalue weighted by Gasteiger charge is -2.36. The first-order valence-corrected chi connectivity index (χ1v) is 17.3. The van der Waals surface area contributed by atoms with E-state index in [1.54, 1.807) is 23.1 Å². The smallest absolute Gasteiger partial charge is 0.192 e. The van der Waals surface area contributed by atoms with E-state index < -0.39 is 8.32 Å². The highest BCUT2D eigenvalue weighted by Crippen LogP contribution is 2.36. The summed E-state index contributed by atoms with van der Waals surface area (Å²) in [5.74, 6) is 0.499. The molecule has 0 radical (unpaired) electrons. The van der Waals surface area contributed by atoms with Gasteiger partial charge in [-0.1, -0.05) is 32.9 Å². The number of fused-ring (bicyclic) bond motifs is 1. The number of carbonyl (C=O) groups excluding carboxylic acids is 1. The fourth-order valence-corrected chi connectivity index (χ4v) is 5.41. The van der Waals surface area contributed by atoms with Crippen molar-refractivity contribution in [3.63, 3.8) is 0 Å².